The fourth-order valence-corrected chi connectivity index (χ4v) is 3.12. The molecule has 1 aliphatic rings. The summed E-state index contributed by atoms with van der Waals surface area (Å²) in [6, 6.07) is 4.96. The second-order valence-electron chi connectivity index (χ2n) is 6.03. The summed E-state index contributed by atoms with van der Waals surface area (Å²) in [7, 11) is 0. The summed E-state index contributed by atoms with van der Waals surface area (Å²) in [6.07, 6.45) is 5.56. The molecule has 0 radical (unpaired) electrons. The lowest BCUT2D eigenvalue weighted by molar-refractivity contribution is -0.0673. The molecule has 0 saturated heterocycles. The predicted molar refractivity (Wildman–Crippen MR) is 100 cm³/mol. The monoisotopic (exact) mass is 350 g/mol. The topological polar surface area (TPSA) is 53.9 Å². The highest BCUT2D eigenvalue weighted by Crippen LogP contribution is 2.34. The summed E-state index contributed by atoms with van der Waals surface area (Å²) >= 11 is 6.29. The smallest absolute Gasteiger partial charge is 0.175 e. The van der Waals surface area contributed by atoms with E-state index in [-0.39, 0.29) is 11.9 Å². The first-order valence-corrected chi connectivity index (χ1v) is 9.09. The molecule has 0 fully saturated rings. The number of benzene rings is 1. The van der Waals surface area contributed by atoms with Gasteiger partial charge in [0.2, 0.25) is 0 Å². The van der Waals surface area contributed by atoms with Gasteiger partial charge in [-0.2, -0.15) is 0 Å². The number of allylic oxidation sites excluding steroid dienone is 1. The van der Waals surface area contributed by atoms with Crippen LogP contribution in [-0.4, -0.2) is 23.2 Å². The van der Waals surface area contributed by atoms with Crippen molar-refractivity contribution in [2.45, 2.75) is 65.2 Å². The van der Waals surface area contributed by atoms with Crippen molar-refractivity contribution in [2.75, 3.05) is 0 Å². The molecule has 0 saturated carbocycles. The normalized spacial score (nSPS) is 20.6. The second-order valence-corrected chi connectivity index (χ2v) is 6.43. The summed E-state index contributed by atoms with van der Waals surface area (Å²) in [5.41, 5.74) is 2.04. The lowest BCUT2D eigenvalue weighted by atomic mass is 10.0. The molecule has 1 unspecified atom stereocenters. The van der Waals surface area contributed by atoms with Gasteiger partial charge in [-0.1, -0.05) is 39.3 Å². The van der Waals surface area contributed by atoms with Crippen LogP contribution in [0.2, 0.25) is 5.02 Å². The number of nitrogens with zero attached hydrogens (tertiary/aromatic N) is 1. The molecular formula is C19H27ClN2O2. The minimum Gasteiger partial charge on any atom is -0.508 e. The summed E-state index contributed by atoms with van der Waals surface area (Å²) in [4.78, 5) is 4.69. The molecule has 24 heavy (non-hydrogen) atoms. The summed E-state index contributed by atoms with van der Waals surface area (Å²) < 4.78 is 6.32. The number of halogens is 1. The van der Waals surface area contributed by atoms with Crippen molar-refractivity contribution in [2.24, 2.45) is 4.99 Å². The molecule has 0 amide bonds. The van der Waals surface area contributed by atoms with E-state index in [1.807, 2.05) is 6.21 Å². The number of hydrogen-bond acceptors (Lipinski definition) is 4. The highest BCUT2D eigenvalue weighted by Gasteiger charge is 2.34. The van der Waals surface area contributed by atoms with Crippen molar-refractivity contribution in [1.29, 1.82) is 0 Å². The Kier molecular flexibility index (Phi) is 6.30. The molecule has 132 valence electrons. The van der Waals surface area contributed by atoms with Gasteiger partial charge in [-0.05, 0) is 43.9 Å². The first-order chi connectivity index (χ1) is 11.5. The zero-order chi connectivity index (χ0) is 17.7. The summed E-state index contributed by atoms with van der Waals surface area (Å²) in [5, 5.41) is 13.6. The van der Waals surface area contributed by atoms with Crippen molar-refractivity contribution in [3.05, 3.63) is 34.5 Å². The zero-order valence-corrected chi connectivity index (χ0v) is 15.7. The Morgan fingerprint density at radius 3 is 2.50 bits per heavy atom. The molecule has 0 aliphatic carbocycles. The van der Waals surface area contributed by atoms with Gasteiger partial charge in [0.1, 0.15) is 5.75 Å². The minimum atomic E-state index is -0.574. The van der Waals surface area contributed by atoms with Crippen LogP contribution in [0.15, 0.2) is 28.9 Å². The Morgan fingerprint density at radius 1 is 1.25 bits per heavy atom. The molecule has 1 aromatic carbocycles. The van der Waals surface area contributed by atoms with E-state index >= 15 is 0 Å². The van der Waals surface area contributed by atoms with E-state index in [9.17, 15) is 5.11 Å². The molecule has 1 aliphatic heterocycles. The largest absolute Gasteiger partial charge is 0.508 e. The molecule has 0 spiro atoms. The van der Waals surface area contributed by atoms with Crippen molar-refractivity contribution >= 4 is 23.5 Å². The van der Waals surface area contributed by atoms with Gasteiger partial charge in [-0.15, -0.1) is 0 Å². The van der Waals surface area contributed by atoms with Gasteiger partial charge in [-0.3, -0.25) is 4.99 Å². The predicted octanol–water partition coefficient (Wildman–Crippen LogP) is 5.11. The molecule has 2 N–H and O–H groups in total. The van der Waals surface area contributed by atoms with Gasteiger partial charge in [0, 0.05) is 11.3 Å². The van der Waals surface area contributed by atoms with E-state index < -0.39 is 5.72 Å². The molecule has 5 heteroatoms. The summed E-state index contributed by atoms with van der Waals surface area (Å²) in [6.45, 7) is 8.44. The van der Waals surface area contributed by atoms with Crippen LogP contribution < -0.4 is 5.32 Å². The molecular weight excluding hydrogens is 324 g/mol. The van der Waals surface area contributed by atoms with Crippen LogP contribution in [0.5, 0.6) is 5.75 Å². The molecule has 0 bridgehead atoms. The highest BCUT2D eigenvalue weighted by atomic mass is 35.5. The van der Waals surface area contributed by atoms with E-state index in [0.717, 1.165) is 42.6 Å². The van der Waals surface area contributed by atoms with E-state index in [2.05, 4.69) is 38.0 Å². The van der Waals surface area contributed by atoms with Crippen LogP contribution in [0.25, 0.3) is 5.70 Å². The Bertz CT molecular complexity index is 638. The van der Waals surface area contributed by atoms with E-state index in [4.69, 9.17) is 16.3 Å². The van der Waals surface area contributed by atoms with Crippen molar-refractivity contribution in [1.82, 2.24) is 5.32 Å². The quantitative estimate of drug-likeness (QED) is 0.718. The third-order valence-electron chi connectivity index (χ3n) is 4.42. The molecule has 1 atom stereocenters. The number of aliphatic imine (C=N–C) groups is 1. The molecule has 0 aromatic heterocycles. The molecule has 1 heterocycles. The zero-order valence-electron chi connectivity index (χ0n) is 14.9. The van der Waals surface area contributed by atoms with Crippen LogP contribution in [0, 0.1) is 0 Å². The number of rotatable bonds is 7. The van der Waals surface area contributed by atoms with Crippen LogP contribution >= 0.6 is 11.6 Å². The van der Waals surface area contributed by atoms with Crippen LogP contribution in [0.4, 0.5) is 0 Å². The van der Waals surface area contributed by atoms with Crippen molar-refractivity contribution < 1.29 is 9.84 Å². The Balaban J connectivity index is 2.36. The second kappa shape index (κ2) is 8.04. The number of phenols is 1. The Labute approximate surface area is 149 Å². The number of hydrogen-bond donors (Lipinski definition) is 2. The first-order valence-electron chi connectivity index (χ1n) is 8.71. The van der Waals surface area contributed by atoms with Gasteiger partial charge in [-0.25, -0.2) is 0 Å². The van der Waals surface area contributed by atoms with Crippen molar-refractivity contribution in [3.63, 3.8) is 0 Å². The van der Waals surface area contributed by atoms with Gasteiger partial charge in [0.15, 0.2) is 5.72 Å². The average Bonchev–Trinajstić information content (AvgIpc) is 2.60. The van der Waals surface area contributed by atoms with Crippen LogP contribution in [0.3, 0.4) is 0 Å². The Hall–Kier alpha value is -1.52. The van der Waals surface area contributed by atoms with Crippen LogP contribution in [-0.2, 0) is 4.74 Å². The molecule has 4 nitrogen and oxygen atoms in total. The van der Waals surface area contributed by atoms with Gasteiger partial charge < -0.3 is 15.2 Å². The van der Waals surface area contributed by atoms with E-state index in [0.29, 0.717) is 5.02 Å². The fourth-order valence-electron chi connectivity index (χ4n) is 2.85. The standard InChI is InChI=1S/C19H27ClN2O2/c1-5-14(6-2)24-19(8-4)12-21-18(17(7-3)22-19)15-10-9-13(23)11-16(15)20/h9-12,14,22-23H,5-8H2,1-4H3. The number of ether oxygens (including phenoxy) is 1. The third-order valence-corrected chi connectivity index (χ3v) is 4.74. The number of nitrogens with one attached hydrogen (secondary N) is 1. The highest BCUT2D eigenvalue weighted by molar-refractivity contribution is 6.32. The van der Waals surface area contributed by atoms with Crippen LogP contribution in [0.1, 0.15) is 58.9 Å². The lowest BCUT2D eigenvalue weighted by Gasteiger charge is -2.38. The van der Waals surface area contributed by atoms with Crippen molar-refractivity contribution in [3.8, 4) is 5.75 Å². The SMILES string of the molecule is CCC1=C(c2ccc(O)cc2Cl)N=CC(CC)(OC(CC)CC)N1. The number of phenolic OH excluding ortho intramolecular Hbond substituents is 1. The maximum Gasteiger partial charge on any atom is 0.175 e. The fraction of sp³-hybridized carbons (Fsp3) is 0.526. The Morgan fingerprint density at radius 2 is 1.96 bits per heavy atom. The lowest BCUT2D eigenvalue weighted by Crippen LogP contribution is -2.52. The van der Waals surface area contributed by atoms with E-state index in [1.54, 1.807) is 12.1 Å². The minimum absolute atomic E-state index is 0.148. The van der Waals surface area contributed by atoms with E-state index in [1.165, 1.54) is 6.07 Å². The number of aromatic hydroxyl groups is 1. The molecule has 2 rings (SSSR count). The third kappa shape index (κ3) is 3.93. The van der Waals surface area contributed by atoms with Gasteiger partial charge in [0.25, 0.3) is 0 Å². The maximum atomic E-state index is 9.56. The maximum absolute atomic E-state index is 9.56. The summed E-state index contributed by atoms with van der Waals surface area (Å²) in [5.74, 6) is 0.148. The molecule has 1 aromatic rings. The average molecular weight is 351 g/mol. The first kappa shape index (κ1) is 18.8. The van der Waals surface area contributed by atoms with Gasteiger partial charge >= 0.3 is 0 Å². The van der Waals surface area contributed by atoms with Gasteiger partial charge in [0.05, 0.1) is 23.0 Å².